The highest BCUT2D eigenvalue weighted by Crippen LogP contribution is 2.25. The molecule has 28 heavy (non-hydrogen) atoms. The van der Waals surface area contributed by atoms with Crippen LogP contribution in [0.15, 0.2) is 68.7 Å². The Hall–Kier alpha value is -2.86. The molecule has 0 unspecified atom stereocenters. The highest BCUT2D eigenvalue weighted by molar-refractivity contribution is 9.10. The molecule has 6 heteroatoms. The maximum atomic E-state index is 12.4. The lowest BCUT2D eigenvalue weighted by molar-refractivity contribution is 0.0929. The Labute approximate surface area is 171 Å². The summed E-state index contributed by atoms with van der Waals surface area (Å²) >= 11 is 3.42. The number of furan rings is 1. The second-order valence-corrected chi connectivity index (χ2v) is 7.67. The van der Waals surface area contributed by atoms with Crippen LogP contribution >= 0.6 is 15.9 Å². The van der Waals surface area contributed by atoms with Gasteiger partial charge in [0.2, 0.25) is 0 Å². The summed E-state index contributed by atoms with van der Waals surface area (Å²) in [5.74, 6) is -0.151. The lowest BCUT2D eigenvalue weighted by Crippen LogP contribution is -2.16. The normalized spacial score (nSPS) is 12.8. The number of nitrogens with one attached hydrogen (secondary N) is 1. The number of hydrogen-bond acceptors (Lipinski definition) is 3. The molecule has 0 fully saturated rings. The van der Waals surface area contributed by atoms with Gasteiger partial charge in [-0.3, -0.25) is 4.79 Å². The van der Waals surface area contributed by atoms with Crippen LogP contribution in [0.5, 0.6) is 0 Å². The topological polar surface area (TPSA) is 59.5 Å². The van der Waals surface area contributed by atoms with E-state index in [2.05, 4.69) is 63.2 Å². The Morgan fingerprint density at radius 1 is 1.29 bits per heavy atom. The van der Waals surface area contributed by atoms with Crippen LogP contribution in [-0.2, 0) is 0 Å². The minimum Gasteiger partial charge on any atom is -0.451 e. The summed E-state index contributed by atoms with van der Waals surface area (Å²) in [7, 11) is 0. The Morgan fingerprint density at radius 2 is 2.11 bits per heavy atom. The molecule has 0 saturated heterocycles. The van der Waals surface area contributed by atoms with Crippen molar-refractivity contribution in [3.63, 3.8) is 0 Å². The smallest absolute Gasteiger partial charge is 0.307 e. The molecule has 0 aliphatic rings. The number of benzene rings is 2. The van der Waals surface area contributed by atoms with Crippen LogP contribution in [0.3, 0.4) is 0 Å². The average molecular weight is 438 g/mol. The first kappa shape index (κ1) is 18.5. The Balaban J connectivity index is 1.56. The lowest BCUT2D eigenvalue weighted by Gasteiger charge is -2.12. The van der Waals surface area contributed by atoms with Crippen LogP contribution in [0.1, 0.15) is 42.4 Å². The summed E-state index contributed by atoms with van der Waals surface area (Å²) in [6, 6.07) is 15.9. The molecule has 0 spiro atoms. The van der Waals surface area contributed by atoms with E-state index in [1.807, 2.05) is 30.3 Å². The van der Waals surface area contributed by atoms with Crippen LogP contribution in [0.2, 0.25) is 0 Å². The summed E-state index contributed by atoms with van der Waals surface area (Å²) in [6.45, 7) is 4.36. The van der Waals surface area contributed by atoms with E-state index in [9.17, 15) is 4.79 Å². The Kier molecular flexibility index (Phi) is 5.05. The maximum absolute atomic E-state index is 12.4. The Morgan fingerprint density at radius 3 is 2.93 bits per heavy atom. The van der Waals surface area contributed by atoms with Gasteiger partial charge in [-0.1, -0.05) is 41.1 Å². The molecular weight excluding hydrogens is 418 g/mol. The molecule has 1 atom stereocenters. The molecule has 2 heterocycles. The number of rotatable bonds is 5. The molecule has 2 aromatic heterocycles. The van der Waals surface area contributed by atoms with Gasteiger partial charge < -0.3 is 8.98 Å². The Bertz CT molecular complexity index is 1190. The number of fused-ring (bicyclic) bond motifs is 2. The zero-order chi connectivity index (χ0) is 19.7. The van der Waals surface area contributed by atoms with E-state index in [1.165, 1.54) is 0 Å². The van der Waals surface area contributed by atoms with E-state index in [1.54, 1.807) is 12.3 Å². The lowest BCUT2D eigenvalue weighted by atomic mass is 10.2. The van der Waals surface area contributed by atoms with Gasteiger partial charge in [-0.05, 0) is 43.7 Å². The third-order valence-electron chi connectivity index (χ3n) is 4.91. The maximum Gasteiger partial charge on any atom is 0.307 e. The van der Waals surface area contributed by atoms with E-state index >= 15 is 0 Å². The second kappa shape index (κ2) is 7.64. The molecule has 0 aliphatic carbocycles. The highest BCUT2D eigenvalue weighted by atomic mass is 79.9. The molecular formula is C22H20BrN3O2. The van der Waals surface area contributed by atoms with Gasteiger partial charge in [0.25, 0.3) is 0 Å². The predicted molar refractivity (Wildman–Crippen MR) is 116 cm³/mol. The number of nitrogens with zero attached hydrogens (tertiary/aromatic N) is 2. The molecule has 1 N–H and O–H groups in total. The summed E-state index contributed by atoms with van der Waals surface area (Å²) in [6.07, 6.45) is 4.79. The van der Waals surface area contributed by atoms with E-state index in [0.717, 1.165) is 32.7 Å². The number of hydrazone groups is 1. The summed E-state index contributed by atoms with van der Waals surface area (Å²) in [5, 5.41) is 6.11. The first-order valence-electron chi connectivity index (χ1n) is 9.19. The van der Waals surface area contributed by atoms with E-state index in [-0.39, 0.29) is 11.7 Å². The fourth-order valence-electron chi connectivity index (χ4n) is 3.24. The number of para-hydroxylation sites is 1. The number of aromatic nitrogens is 1. The van der Waals surface area contributed by atoms with Crippen molar-refractivity contribution in [2.45, 2.75) is 26.3 Å². The van der Waals surface area contributed by atoms with Crippen molar-refractivity contribution in [1.29, 1.82) is 0 Å². The van der Waals surface area contributed by atoms with E-state index in [0.29, 0.717) is 11.6 Å². The molecule has 142 valence electrons. The number of hydrogen-bond donors (Lipinski definition) is 1. The van der Waals surface area contributed by atoms with E-state index in [4.69, 9.17) is 4.42 Å². The third kappa shape index (κ3) is 3.47. The standard InChI is InChI=1S/C22H20BrN3O2/c1-3-14(2)26-13-16(18-6-4-5-7-19(18)26)12-24-25-22(27)21-11-15-10-17(23)8-9-20(15)28-21/h4-14H,3H2,1-2H3,(H,25,27)/t14-/m1/s1. The molecule has 0 bridgehead atoms. The minimum absolute atomic E-state index is 0.229. The predicted octanol–water partition coefficient (Wildman–Crippen LogP) is 5.88. The van der Waals surface area contributed by atoms with Gasteiger partial charge in [-0.15, -0.1) is 0 Å². The van der Waals surface area contributed by atoms with Crippen LogP contribution < -0.4 is 5.43 Å². The van der Waals surface area contributed by atoms with Crippen molar-refractivity contribution in [2.75, 3.05) is 0 Å². The summed E-state index contributed by atoms with van der Waals surface area (Å²) in [5.41, 5.74) is 5.34. The van der Waals surface area contributed by atoms with Gasteiger partial charge in [0, 0.05) is 38.6 Å². The zero-order valence-electron chi connectivity index (χ0n) is 15.6. The fraction of sp³-hybridized carbons (Fsp3) is 0.182. The first-order chi connectivity index (χ1) is 13.6. The number of amides is 1. The monoisotopic (exact) mass is 437 g/mol. The molecule has 2 aromatic carbocycles. The molecule has 4 aromatic rings. The van der Waals surface area contributed by atoms with Crippen molar-refractivity contribution in [2.24, 2.45) is 5.10 Å². The molecule has 1 amide bonds. The van der Waals surface area contributed by atoms with Crippen LogP contribution in [0.25, 0.3) is 21.9 Å². The van der Waals surface area contributed by atoms with Gasteiger partial charge in [-0.2, -0.15) is 5.10 Å². The zero-order valence-corrected chi connectivity index (χ0v) is 17.2. The van der Waals surface area contributed by atoms with Gasteiger partial charge in [0.05, 0.1) is 6.21 Å². The van der Waals surface area contributed by atoms with Crippen molar-refractivity contribution in [1.82, 2.24) is 9.99 Å². The molecule has 0 radical (unpaired) electrons. The number of carbonyl (C=O) groups excluding carboxylic acids is 1. The second-order valence-electron chi connectivity index (χ2n) is 6.76. The molecule has 4 rings (SSSR count). The van der Waals surface area contributed by atoms with E-state index < -0.39 is 0 Å². The number of halogens is 1. The van der Waals surface area contributed by atoms with Crippen LogP contribution in [0, 0.1) is 0 Å². The van der Waals surface area contributed by atoms with Crippen molar-refractivity contribution >= 4 is 49.9 Å². The van der Waals surface area contributed by atoms with Crippen molar-refractivity contribution < 1.29 is 9.21 Å². The molecule has 0 saturated carbocycles. The van der Waals surface area contributed by atoms with Crippen LogP contribution in [0.4, 0.5) is 0 Å². The minimum atomic E-state index is -0.380. The first-order valence-corrected chi connectivity index (χ1v) is 9.98. The summed E-state index contributed by atoms with van der Waals surface area (Å²) in [4.78, 5) is 12.4. The molecule has 0 aliphatic heterocycles. The average Bonchev–Trinajstić information content (AvgIpc) is 3.29. The van der Waals surface area contributed by atoms with Gasteiger partial charge in [0.15, 0.2) is 5.76 Å². The summed E-state index contributed by atoms with van der Waals surface area (Å²) < 4.78 is 8.78. The third-order valence-corrected chi connectivity index (χ3v) is 5.40. The van der Waals surface area contributed by atoms with Crippen molar-refractivity contribution in [3.8, 4) is 0 Å². The SMILES string of the molecule is CC[C@@H](C)n1cc(C=NNC(=O)c2cc3cc(Br)ccc3o2)c2ccccc21. The van der Waals surface area contributed by atoms with Gasteiger partial charge in [0.1, 0.15) is 5.58 Å². The highest BCUT2D eigenvalue weighted by Gasteiger charge is 2.13. The van der Waals surface area contributed by atoms with Gasteiger partial charge in [-0.25, -0.2) is 5.43 Å². The molecule has 5 nitrogen and oxygen atoms in total. The quantitative estimate of drug-likeness (QED) is 0.312. The largest absolute Gasteiger partial charge is 0.451 e. The van der Waals surface area contributed by atoms with Crippen LogP contribution in [-0.4, -0.2) is 16.7 Å². The van der Waals surface area contributed by atoms with Crippen molar-refractivity contribution in [3.05, 3.63) is 70.5 Å². The fourth-order valence-corrected chi connectivity index (χ4v) is 3.62. The number of carbonyl (C=O) groups is 1. The van der Waals surface area contributed by atoms with Gasteiger partial charge >= 0.3 is 5.91 Å².